The number of thioether (sulfide) groups is 1. The lowest BCUT2D eigenvalue weighted by Gasteiger charge is -2.20. The Morgan fingerprint density at radius 1 is 1.13 bits per heavy atom. The van der Waals surface area contributed by atoms with Gasteiger partial charge in [0.1, 0.15) is 0 Å². The van der Waals surface area contributed by atoms with Crippen LogP contribution in [-0.4, -0.2) is 27.6 Å². The maximum atomic E-state index is 12.8. The van der Waals surface area contributed by atoms with Crippen LogP contribution < -0.4 is 9.62 Å². The van der Waals surface area contributed by atoms with Gasteiger partial charge in [0, 0.05) is 18.9 Å². The number of carbonyl (C=O) groups excluding carboxylic acids is 1. The Morgan fingerprint density at radius 3 is 2.35 bits per heavy atom. The number of benzene rings is 2. The zero-order valence-electron chi connectivity index (χ0n) is 13.1. The molecule has 0 saturated heterocycles. The molecule has 0 radical (unpaired) electrons. The fourth-order valence-electron chi connectivity index (χ4n) is 2.07. The van der Waals surface area contributed by atoms with E-state index in [1.54, 1.807) is 36.4 Å². The number of sulfonamides is 1. The average molecular weight is 350 g/mol. The lowest BCUT2D eigenvalue weighted by Crippen LogP contribution is -2.26. The van der Waals surface area contributed by atoms with Crippen LogP contribution in [0, 0.1) is 0 Å². The first-order chi connectivity index (χ1) is 10.9. The van der Waals surface area contributed by atoms with Crippen molar-refractivity contribution in [2.75, 3.05) is 22.9 Å². The van der Waals surface area contributed by atoms with E-state index in [1.165, 1.54) is 36.1 Å². The topological polar surface area (TPSA) is 66.5 Å². The first kappa shape index (κ1) is 17.4. The van der Waals surface area contributed by atoms with E-state index in [0.717, 1.165) is 4.90 Å². The molecule has 0 unspecified atom stereocenters. The maximum Gasteiger partial charge on any atom is 0.264 e. The number of rotatable bonds is 5. The number of nitrogens with one attached hydrogen (secondary N) is 1. The van der Waals surface area contributed by atoms with Gasteiger partial charge in [0.15, 0.2) is 0 Å². The van der Waals surface area contributed by atoms with E-state index in [4.69, 9.17) is 0 Å². The van der Waals surface area contributed by atoms with Gasteiger partial charge in [-0.1, -0.05) is 18.2 Å². The van der Waals surface area contributed by atoms with Crippen LogP contribution in [0.15, 0.2) is 58.3 Å². The minimum absolute atomic E-state index is 0.130. The van der Waals surface area contributed by atoms with E-state index < -0.39 is 10.0 Å². The van der Waals surface area contributed by atoms with Crippen molar-refractivity contribution < 1.29 is 13.2 Å². The number of nitrogens with zero attached hydrogens (tertiary/aromatic N) is 1. The number of carbonyl (C=O) groups is 1. The zero-order valence-corrected chi connectivity index (χ0v) is 14.7. The van der Waals surface area contributed by atoms with E-state index in [0.29, 0.717) is 11.4 Å². The molecule has 122 valence electrons. The summed E-state index contributed by atoms with van der Waals surface area (Å²) in [6.07, 6.45) is 1.87. The van der Waals surface area contributed by atoms with Crippen molar-refractivity contribution in [1.29, 1.82) is 0 Å². The summed E-state index contributed by atoms with van der Waals surface area (Å²) in [4.78, 5) is 12.3. The first-order valence-corrected chi connectivity index (χ1v) is 9.52. The molecule has 5 nitrogen and oxygen atoms in total. The maximum absolute atomic E-state index is 12.8. The molecule has 0 fully saturated rings. The second-order valence-electron chi connectivity index (χ2n) is 4.85. The summed E-state index contributed by atoms with van der Waals surface area (Å²) >= 11 is 1.44. The van der Waals surface area contributed by atoms with Gasteiger partial charge in [0.05, 0.1) is 16.3 Å². The lowest BCUT2D eigenvalue weighted by molar-refractivity contribution is -0.114. The van der Waals surface area contributed by atoms with Crippen molar-refractivity contribution in [2.24, 2.45) is 0 Å². The van der Waals surface area contributed by atoms with Crippen molar-refractivity contribution >= 4 is 39.1 Å². The lowest BCUT2D eigenvalue weighted by atomic mass is 10.3. The fraction of sp³-hybridized carbons (Fsp3) is 0.188. The molecule has 0 atom stereocenters. The minimum atomic E-state index is -3.70. The van der Waals surface area contributed by atoms with Crippen molar-refractivity contribution in [1.82, 2.24) is 0 Å². The Bertz CT molecular complexity index is 805. The normalized spacial score (nSPS) is 11.1. The van der Waals surface area contributed by atoms with Crippen LogP contribution >= 0.6 is 11.8 Å². The molecule has 0 aromatic heterocycles. The summed E-state index contributed by atoms with van der Waals surface area (Å²) in [5.74, 6) is -0.244. The highest BCUT2D eigenvalue weighted by molar-refractivity contribution is 7.98. The number of amides is 1. The molecule has 1 amide bonds. The molecule has 0 bridgehead atoms. The smallest absolute Gasteiger partial charge is 0.264 e. The standard InChI is InChI=1S/C16H18N2O3S2/c1-12(19)17-15-11-14(9-10-16(15)22-3)23(20,21)18(2)13-7-5-4-6-8-13/h4-11H,1-3H3,(H,17,19). The summed E-state index contributed by atoms with van der Waals surface area (Å²) in [6.45, 7) is 1.39. The highest BCUT2D eigenvalue weighted by Crippen LogP contribution is 2.30. The van der Waals surface area contributed by atoms with Crippen molar-refractivity contribution in [3.8, 4) is 0 Å². The van der Waals surface area contributed by atoms with Crippen molar-refractivity contribution in [2.45, 2.75) is 16.7 Å². The molecule has 2 aromatic rings. The highest BCUT2D eigenvalue weighted by atomic mass is 32.2. The summed E-state index contributed by atoms with van der Waals surface area (Å²) in [6, 6.07) is 13.6. The molecule has 23 heavy (non-hydrogen) atoms. The second-order valence-corrected chi connectivity index (χ2v) is 7.67. The van der Waals surface area contributed by atoms with Crippen LogP contribution in [0.5, 0.6) is 0 Å². The van der Waals surface area contributed by atoms with Crippen LogP contribution in [0.2, 0.25) is 0 Å². The number of para-hydroxylation sites is 1. The summed E-state index contributed by atoms with van der Waals surface area (Å²) in [5, 5.41) is 2.67. The third kappa shape index (κ3) is 3.86. The molecule has 2 aromatic carbocycles. The van der Waals surface area contributed by atoms with Gasteiger partial charge >= 0.3 is 0 Å². The first-order valence-electron chi connectivity index (χ1n) is 6.86. The van der Waals surface area contributed by atoms with Crippen LogP contribution in [0.3, 0.4) is 0 Å². The van der Waals surface area contributed by atoms with Gasteiger partial charge in [-0.2, -0.15) is 0 Å². The van der Waals surface area contributed by atoms with Crippen LogP contribution in [0.4, 0.5) is 11.4 Å². The Kier molecular flexibility index (Phi) is 5.33. The van der Waals surface area contributed by atoms with Crippen LogP contribution in [0.1, 0.15) is 6.92 Å². The van der Waals surface area contributed by atoms with E-state index >= 15 is 0 Å². The largest absolute Gasteiger partial charge is 0.325 e. The van der Waals surface area contributed by atoms with Crippen LogP contribution in [-0.2, 0) is 14.8 Å². The number of hydrogen-bond donors (Lipinski definition) is 1. The van der Waals surface area contributed by atoms with Gasteiger partial charge in [0.25, 0.3) is 10.0 Å². The minimum Gasteiger partial charge on any atom is -0.325 e. The van der Waals surface area contributed by atoms with Gasteiger partial charge in [-0.25, -0.2) is 8.42 Å². The monoisotopic (exact) mass is 350 g/mol. The number of anilines is 2. The van der Waals surface area contributed by atoms with E-state index in [-0.39, 0.29) is 10.8 Å². The number of hydrogen-bond acceptors (Lipinski definition) is 4. The fourth-order valence-corrected chi connectivity index (χ4v) is 3.83. The molecular weight excluding hydrogens is 332 g/mol. The molecule has 1 N–H and O–H groups in total. The zero-order chi connectivity index (χ0) is 17.0. The SMILES string of the molecule is CSc1ccc(S(=O)(=O)N(C)c2ccccc2)cc1NC(C)=O. The molecule has 0 saturated carbocycles. The highest BCUT2D eigenvalue weighted by Gasteiger charge is 2.22. The van der Waals surface area contributed by atoms with Crippen molar-refractivity contribution in [3.05, 3.63) is 48.5 Å². The second kappa shape index (κ2) is 7.06. The molecule has 2 rings (SSSR count). The molecule has 0 aliphatic rings. The third-order valence-corrected chi connectivity index (χ3v) is 5.84. The summed E-state index contributed by atoms with van der Waals surface area (Å²) < 4.78 is 26.8. The summed E-state index contributed by atoms with van der Waals surface area (Å²) in [7, 11) is -2.20. The van der Waals surface area contributed by atoms with E-state index in [1.807, 2.05) is 12.3 Å². The molecule has 7 heteroatoms. The predicted molar refractivity (Wildman–Crippen MR) is 94.6 cm³/mol. The summed E-state index contributed by atoms with van der Waals surface area (Å²) in [5.41, 5.74) is 1.06. The van der Waals surface area contributed by atoms with Gasteiger partial charge in [-0.05, 0) is 36.6 Å². The van der Waals surface area contributed by atoms with Crippen LogP contribution in [0.25, 0.3) is 0 Å². The average Bonchev–Trinajstić information content (AvgIpc) is 2.54. The molecule has 0 aliphatic carbocycles. The Morgan fingerprint density at radius 2 is 1.78 bits per heavy atom. The molecule has 0 spiro atoms. The van der Waals surface area contributed by atoms with Gasteiger partial charge in [-0.15, -0.1) is 11.8 Å². The molecule has 0 heterocycles. The predicted octanol–water partition coefficient (Wildman–Crippen LogP) is 3.19. The Labute approximate surface area is 140 Å². The van der Waals surface area contributed by atoms with Crippen molar-refractivity contribution in [3.63, 3.8) is 0 Å². The van der Waals surface area contributed by atoms with Gasteiger partial charge < -0.3 is 5.32 Å². The third-order valence-electron chi connectivity index (χ3n) is 3.26. The quantitative estimate of drug-likeness (QED) is 0.841. The Balaban J connectivity index is 2.45. The van der Waals surface area contributed by atoms with E-state index in [2.05, 4.69) is 5.32 Å². The molecular formula is C16H18N2O3S2. The van der Waals surface area contributed by atoms with Gasteiger partial charge in [0.2, 0.25) is 5.91 Å². The van der Waals surface area contributed by atoms with Gasteiger partial charge in [-0.3, -0.25) is 9.10 Å². The molecule has 0 aliphatic heterocycles. The Hall–Kier alpha value is -1.99. The van der Waals surface area contributed by atoms with E-state index in [9.17, 15) is 13.2 Å².